The highest BCUT2D eigenvalue weighted by molar-refractivity contribution is 7.99. The zero-order valence-electron chi connectivity index (χ0n) is 17.4. The third-order valence-electron chi connectivity index (χ3n) is 4.11. The van der Waals surface area contributed by atoms with E-state index in [9.17, 15) is 4.79 Å². The molecule has 0 atom stereocenters. The number of hydrogen-bond acceptors (Lipinski definition) is 9. The van der Waals surface area contributed by atoms with Crippen LogP contribution in [0.2, 0.25) is 0 Å². The molecule has 1 aliphatic heterocycles. The lowest BCUT2D eigenvalue weighted by molar-refractivity contribution is -0.115. The standard InChI is InChI=1S/C20H28N8OS/c1-4-18(29)23-13-5-7-14(8-6-13)30-19-25-15(22-10-9-21)11-16(26-19)24-17-12-20(2,3)28-27-17/h5-8,11-12,27-28H,4,9-10,21H2,1-3H3,(H,23,29)(H2,22,24,25,26). The number of aromatic nitrogens is 2. The number of hydrazine groups is 1. The van der Waals surface area contributed by atoms with Crippen molar-refractivity contribution in [3.63, 3.8) is 0 Å². The predicted octanol–water partition coefficient (Wildman–Crippen LogP) is 2.49. The summed E-state index contributed by atoms with van der Waals surface area (Å²) < 4.78 is 0. The SMILES string of the molecule is CCC(=O)Nc1ccc(Sc2nc(NCCN)cc(NC3=CC(C)(C)NN3)n2)cc1. The first-order chi connectivity index (χ1) is 14.4. The van der Waals surface area contributed by atoms with E-state index in [1.165, 1.54) is 11.8 Å². The Balaban J connectivity index is 1.76. The zero-order chi connectivity index (χ0) is 21.6. The summed E-state index contributed by atoms with van der Waals surface area (Å²) in [4.78, 5) is 21.7. The molecule has 2 heterocycles. The molecule has 0 spiro atoms. The number of hydrogen-bond donors (Lipinski definition) is 6. The average Bonchev–Trinajstić information content (AvgIpc) is 3.05. The smallest absolute Gasteiger partial charge is 0.224 e. The minimum atomic E-state index is -0.150. The Morgan fingerprint density at radius 1 is 1.20 bits per heavy atom. The molecule has 0 bridgehead atoms. The minimum Gasteiger partial charge on any atom is -0.369 e. The van der Waals surface area contributed by atoms with Crippen molar-refractivity contribution in [3.05, 3.63) is 42.2 Å². The second-order valence-corrected chi connectivity index (χ2v) is 8.36. The lowest BCUT2D eigenvalue weighted by Crippen LogP contribution is -2.39. The van der Waals surface area contributed by atoms with Gasteiger partial charge >= 0.3 is 0 Å². The van der Waals surface area contributed by atoms with Crippen LogP contribution in [0.5, 0.6) is 0 Å². The number of carbonyl (C=O) groups is 1. The molecule has 0 fully saturated rings. The molecule has 1 aromatic heterocycles. The first-order valence-corrected chi connectivity index (χ1v) is 10.6. The largest absolute Gasteiger partial charge is 0.369 e. The van der Waals surface area contributed by atoms with Gasteiger partial charge in [-0.2, -0.15) is 0 Å². The van der Waals surface area contributed by atoms with Gasteiger partial charge in [-0.1, -0.05) is 6.92 Å². The van der Waals surface area contributed by atoms with Crippen LogP contribution in [0.25, 0.3) is 0 Å². The molecule has 0 saturated carbocycles. The van der Waals surface area contributed by atoms with Crippen LogP contribution in [0.15, 0.2) is 52.3 Å². The molecule has 1 aromatic carbocycles. The van der Waals surface area contributed by atoms with Gasteiger partial charge in [0.1, 0.15) is 17.5 Å². The molecule has 7 N–H and O–H groups in total. The Morgan fingerprint density at radius 2 is 1.93 bits per heavy atom. The van der Waals surface area contributed by atoms with Crippen molar-refractivity contribution >= 4 is 35.0 Å². The maximum atomic E-state index is 11.5. The van der Waals surface area contributed by atoms with E-state index >= 15 is 0 Å². The fourth-order valence-electron chi connectivity index (χ4n) is 2.65. The lowest BCUT2D eigenvalue weighted by atomic mass is 10.1. The van der Waals surface area contributed by atoms with Crippen molar-refractivity contribution in [2.24, 2.45) is 5.73 Å². The van der Waals surface area contributed by atoms with Gasteiger partial charge < -0.3 is 27.1 Å². The van der Waals surface area contributed by atoms with E-state index in [1.807, 2.05) is 37.3 Å². The number of nitrogens with two attached hydrogens (primary N) is 1. The van der Waals surface area contributed by atoms with Crippen LogP contribution < -0.4 is 32.5 Å². The molecule has 30 heavy (non-hydrogen) atoms. The third-order valence-corrected chi connectivity index (χ3v) is 4.98. The minimum absolute atomic E-state index is 0.0133. The molecule has 10 heteroatoms. The van der Waals surface area contributed by atoms with Crippen LogP contribution in [0, 0.1) is 0 Å². The topological polar surface area (TPSA) is 129 Å². The predicted molar refractivity (Wildman–Crippen MR) is 121 cm³/mol. The molecule has 9 nitrogen and oxygen atoms in total. The first-order valence-electron chi connectivity index (χ1n) is 9.81. The van der Waals surface area contributed by atoms with E-state index in [4.69, 9.17) is 5.73 Å². The molecular weight excluding hydrogens is 400 g/mol. The monoisotopic (exact) mass is 428 g/mol. The number of rotatable bonds is 9. The molecule has 1 amide bonds. The highest BCUT2D eigenvalue weighted by Gasteiger charge is 2.22. The number of carbonyl (C=O) groups excluding carboxylic acids is 1. The summed E-state index contributed by atoms with van der Waals surface area (Å²) in [5.74, 6) is 2.17. The number of anilines is 3. The Hall–Kier alpha value is -2.82. The maximum absolute atomic E-state index is 11.5. The van der Waals surface area contributed by atoms with Crippen LogP contribution in [0.1, 0.15) is 27.2 Å². The van der Waals surface area contributed by atoms with Crippen molar-refractivity contribution in [3.8, 4) is 0 Å². The third kappa shape index (κ3) is 6.34. The Labute approximate surface area is 180 Å². The molecule has 0 radical (unpaired) electrons. The molecule has 0 aliphatic carbocycles. The highest BCUT2D eigenvalue weighted by atomic mass is 32.2. The van der Waals surface area contributed by atoms with Crippen LogP contribution in [-0.4, -0.2) is 34.5 Å². The Bertz CT molecular complexity index is 914. The van der Waals surface area contributed by atoms with E-state index in [0.717, 1.165) is 16.4 Å². The summed E-state index contributed by atoms with van der Waals surface area (Å²) in [5.41, 5.74) is 12.5. The van der Waals surface area contributed by atoms with Crippen LogP contribution in [-0.2, 0) is 4.79 Å². The fraction of sp³-hybridized carbons (Fsp3) is 0.350. The first kappa shape index (κ1) is 21.9. The van der Waals surface area contributed by atoms with Crippen molar-refractivity contribution in [1.82, 2.24) is 20.8 Å². The van der Waals surface area contributed by atoms with E-state index in [2.05, 4.69) is 56.7 Å². The van der Waals surface area contributed by atoms with E-state index in [0.29, 0.717) is 36.3 Å². The zero-order valence-corrected chi connectivity index (χ0v) is 18.2. The van der Waals surface area contributed by atoms with Gasteiger partial charge in [0, 0.05) is 36.2 Å². The Morgan fingerprint density at radius 3 is 2.57 bits per heavy atom. The van der Waals surface area contributed by atoms with Gasteiger partial charge in [0.15, 0.2) is 5.16 Å². The average molecular weight is 429 g/mol. The number of nitrogens with zero attached hydrogens (tertiary/aromatic N) is 2. The van der Waals surface area contributed by atoms with E-state index in [1.54, 1.807) is 0 Å². The van der Waals surface area contributed by atoms with Gasteiger partial charge in [-0.25, -0.2) is 15.4 Å². The van der Waals surface area contributed by atoms with Gasteiger partial charge in [-0.05, 0) is 56.0 Å². The molecule has 160 valence electrons. The van der Waals surface area contributed by atoms with Gasteiger partial charge in [0.25, 0.3) is 0 Å². The van der Waals surface area contributed by atoms with Gasteiger partial charge in [0.2, 0.25) is 5.91 Å². The maximum Gasteiger partial charge on any atom is 0.224 e. The number of nitrogens with one attached hydrogen (secondary N) is 5. The van der Waals surface area contributed by atoms with Crippen LogP contribution >= 0.6 is 11.8 Å². The van der Waals surface area contributed by atoms with Crippen LogP contribution in [0.3, 0.4) is 0 Å². The Kier molecular flexibility index (Phi) is 7.14. The van der Waals surface area contributed by atoms with Gasteiger partial charge in [0.05, 0.1) is 5.54 Å². The second kappa shape index (κ2) is 9.79. The molecule has 2 aromatic rings. The molecule has 0 saturated heterocycles. The highest BCUT2D eigenvalue weighted by Crippen LogP contribution is 2.28. The summed E-state index contributed by atoms with van der Waals surface area (Å²) in [6.45, 7) is 7.07. The molecule has 3 rings (SSSR count). The second-order valence-electron chi connectivity index (χ2n) is 7.32. The summed E-state index contributed by atoms with van der Waals surface area (Å²) in [6.07, 6.45) is 2.50. The van der Waals surface area contributed by atoms with E-state index in [-0.39, 0.29) is 11.4 Å². The summed E-state index contributed by atoms with van der Waals surface area (Å²) in [5, 5.41) is 9.92. The van der Waals surface area contributed by atoms with Crippen molar-refractivity contribution in [2.75, 3.05) is 29.0 Å². The summed E-state index contributed by atoms with van der Waals surface area (Å²) in [7, 11) is 0. The van der Waals surface area contributed by atoms with Gasteiger partial charge in [-0.3, -0.25) is 4.79 Å². The van der Waals surface area contributed by atoms with Crippen molar-refractivity contribution in [2.45, 2.75) is 42.8 Å². The quantitative estimate of drug-likeness (QED) is 0.334. The molecular formula is C20H28N8OS. The van der Waals surface area contributed by atoms with Crippen molar-refractivity contribution < 1.29 is 4.79 Å². The van der Waals surface area contributed by atoms with Gasteiger partial charge in [-0.15, -0.1) is 0 Å². The fourth-order valence-corrected chi connectivity index (χ4v) is 3.42. The summed E-state index contributed by atoms with van der Waals surface area (Å²) in [6, 6.07) is 9.44. The lowest BCUT2D eigenvalue weighted by Gasteiger charge is -2.13. The van der Waals surface area contributed by atoms with E-state index < -0.39 is 0 Å². The molecule has 1 aliphatic rings. The summed E-state index contributed by atoms with van der Waals surface area (Å²) >= 11 is 1.44. The van der Waals surface area contributed by atoms with Crippen molar-refractivity contribution in [1.29, 1.82) is 0 Å². The number of benzene rings is 1. The number of amides is 1. The van der Waals surface area contributed by atoms with Crippen LogP contribution in [0.4, 0.5) is 17.3 Å². The molecule has 0 unspecified atom stereocenters. The normalized spacial score (nSPS) is 14.6.